The number of benzene rings is 1. The molecule has 33 heavy (non-hydrogen) atoms. The van der Waals surface area contributed by atoms with Gasteiger partial charge in [0.2, 0.25) is 5.88 Å². The average Bonchev–Trinajstić information content (AvgIpc) is 3.26. The van der Waals surface area contributed by atoms with Crippen LogP contribution in [0.5, 0.6) is 5.88 Å². The maximum atomic E-state index is 11.1. The van der Waals surface area contributed by atoms with Crippen molar-refractivity contribution in [3.63, 3.8) is 0 Å². The molecule has 0 saturated heterocycles. The second-order valence-corrected chi connectivity index (χ2v) is 9.22. The number of ether oxygens (including phenoxy) is 1. The smallest absolute Gasteiger partial charge is 0.283 e. The molecule has 4 aromatic rings. The van der Waals surface area contributed by atoms with E-state index in [2.05, 4.69) is 10.1 Å². The molecule has 3 aromatic heterocycles. The first kappa shape index (κ1) is 22.7. The molecule has 0 aliphatic heterocycles. The van der Waals surface area contributed by atoms with E-state index in [4.69, 9.17) is 19.9 Å². The summed E-state index contributed by atoms with van der Waals surface area (Å²) < 4.78 is 23.7. The van der Waals surface area contributed by atoms with Gasteiger partial charge in [-0.15, -0.1) is 0 Å². The Hall–Kier alpha value is -3.52. The standard InChI is InChI=1S/C23H23N4O5P/c24-23-20(4-3-11-27(23)12-13-33(28,29)30)21-15-19(26-32-21)14-17-6-8-18(9-7-17)16-31-22-5-1-2-10-25-22/h1-11,15,24H,12-14,16H2,(H2,28,29,30). The molecule has 0 aliphatic carbocycles. The molecule has 9 nitrogen and oxygen atoms in total. The summed E-state index contributed by atoms with van der Waals surface area (Å²) >= 11 is 0. The van der Waals surface area contributed by atoms with Crippen LogP contribution in [0.2, 0.25) is 0 Å². The maximum Gasteiger partial charge on any atom is 0.283 e. The Balaban J connectivity index is 1.40. The fraction of sp³-hybridized carbons (Fsp3) is 0.174. The first-order valence-electron chi connectivity index (χ1n) is 10.3. The summed E-state index contributed by atoms with van der Waals surface area (Å²) in [6, 6.07) is 18.8. The lowest BCUT2D eigenvalue weighted by atomic mass is 10.1. The molecule has 0 amide bonds. The summed E-state index contributed by atoms with van der Waals surface area (Å²) in [6.07, 6.45) is 3.50. The third-order valence-electron chi connectivity index (χ3n) is 4.99. The van der Waals surface area contributed by atoms with Gasteiger partial charge in [-0.3, -0.25) is 5.73 Å². The third-order valence-corrected chi connectivity index (χ3v) is 5.76. The van der Waals surface area contributed by atoms with Gasteiger partial charge in [0.1, 0.15) is 19.8 Å². The fourth-order valence-corrected chi connectivity index (χ4v) is 3.74. The van der Waals surface area contributed by atoms with Crippen molar-refractivity contribution >= 4 is 13.4 Å². The predicted octanol–water partition coefficient (Wildman–Crippen LogP) is 2.32. The lowest BCUT2D eigenvalue weighted by molar-refractivity contribution is -0.678. The van der Waals surface area contributed by atoms with Crippen molar-refractivity contribution in [3.8, 4) is 17.2 Å². The summed E-state index contributed by atoms with van der Waals surface area (Å²) in [5.74, 6) is 1.38. The van der Waals surface area contributed by atoms with Gasteiger partial charge in [0.05, 0.1) is 18.4 Å². The Labute approximate surface area is 190 Å². The van der Waals surface area contributed by atoms with E-state index in [1.807, 2.05) is 42.5 Å². The van der Waals surface area contributed by atoms with Crippen LogP contribution in [0.1, 0.15) is 16.8 Å². The summed E-state index contributed by atoms with van der Waals surface area (Å²) in [5, 5.41) is 4.14. The van der Waals surface area contributed by atoms with Crippen LogP contribution in [-0.2, 0) is 24.1 Å². The molecule has 170 valence electrons. The van der Waals surface area contributed by atoms with E-state index in [0.717, 1.165) is 16.8 Å². The van der Waals surface area contributed by atoms with Crippen molar-refractivity contribution in [2.45, 2.75) is 19.6 Å². The molecule has 3 heterocycles. The topological polar surface area (TPSA) is 138 Å². The minimum absolute atomic E-state index is 0.0361. The van der Waals surface area contributed by atoms with Crippen LogP contribution in [-0.4, -0.2) is 21.2 Å². The lowest BCUT2D eigenvalue weighted by Crippen LogP contribution is -2.39. The summed E-state index contributed by atoms with van der Waals surface area (Å²) in [5.41, 5.74) is 9.59. The summed E-state index contributed by atoms with van der Waals surface area (Å²) in [4.78, 5) is 24.2. The second kappa shape index (κ2) is 9.95. The highest BCUT2D eigenvalue weighted by Crippen LogP contribution is 2.29. The minimum Gasteiger partial charge on any atom is -0.779 e. The van der Waals surface area contributed by atoms with Gasteiger partial charge in [0.25, 0.3) is 5.82 Å². The van der Waals surface area contributed by atoms with Crippen molar-refractivity contribution in [1.82, 2.24) is 10.1 Å². The van der Waals surface area contributed by atoms with E-state index >= 15 is 0 Å². The van der Waals surface area contributed by atoms with Crippen molar-refractivity contribution in [3.05, 3.63) is 89.9 Å². The molecule has 4 rings (SSSR count). The van der Waals surface area contributed by atoms with Crippen LogP contribution >= 0.6 is 7.60 Å². The first-order chi connectivity index (χ1) is 15.9. The number of aromatic nitrogens is 3. The van der Waals surface area contributed by atoms with Crippen LogP contribution in [0.4, 0.5) is 5.82 Å². The van der Waals surface area contributed by atoms with Crippen LogP contribution in [0.15, 0.2) is 77.6 Å². The van der Waals surface area contributed by atoms with Crippen LogP contribution in [0.3, 0.4) is 0 Å². The molecular formula is C23H23N4O5P. The first-order valence-corrected chi connectivity index (χ1v) is 12.0. The van der Waals surface area contributed by atoms with Gasteiger partial charge in [-0.2, -0.15) is 0 Å². The van der Waals surface area contributed by atoms with Gasteiger partial charge in [0, 0.05) is 30.9 Å². The Bertz CT molecular complexity index is 1260. The molecule has 1 aromatic carbocycles. The summed E-state index contributed by atoms with van der Waals surface area (Å²) in [7, 11) is -4.37. The van der Waals surface area contributed by atoms with Crippen molar-refractivity contribution in [2.75, 3.05) is 11.9 Å². The Morgan fingerprint density at radius 3 is 2.64 bits per heavy atom. The third kappa shape index (κ3) is 6.26. The second-order valence-electron chi connectivity index (χ2n) is 7.49. The monoisotopic (exact) mass is 466 g/mol. The quantitative estimate of drug-likeness (QED) is 0.283. The Morgan fingerprint density at radius 1 is 1.12 bits per heavy atom. The summed E-state index contributed by atoms with van der Waals surface area (Å²) in [6.45, 7) is 0.463. The Kier molecular flexibility index (Phi) is 6.84. The van der Waals surface area contributed by atoms with Crippen molar-refractivity contribution in [1.29, 1.82) is 0 Å². The zero-order chi connectivity index (χ0) is 23.3. The van der Waals surface area contributed by atoms with Crippen LogP contribution in [0.25, 0.3) is 11.3 Å². The SMILES string of the molecule is Nc1c(-c2cc(Cc3ccc(COc4ccccn4)cc3)no2)ccc[n+]1CCP(=O)([O-])O. The van der Waals surface area contributed by atoms with Crippen molar-refractivity contribution < 1.29 is 28.2 Å². The molecule has 0 spiro atoms. The number of hydrogen-bond donors (Lipinski definition) is 2. The minimum atomic E-state index is -4.37. The van der Waals surface area contributed by atoms with Crippen molar-refractivity contribution in [2.24, 2.45) is 0 Å². The van der Waals surface area contributed by atoms with Gasteiger partial charge in [0.15, 0.2) is 5.76 Å². The molecule has 10 heteroatoms. The molecule has 0 aliphatic rings. The maximum absolute atomic E-state index is 11.1. The average molecular weight is 466 g/mol. The van der Waals surface area contributed by atoms with E-state index in [0.29, 0.717) is 36.0 Å². The zero-order valence-corrected chi connectivity index (χ0v) is 18.6. The van der Waals surface area contributed by atoms with Gasteiger partial charge < -0.3 is 23.6 Å². The highest BCUT2D eigenvalue weighted by molar-refractivity contribution is 7.50. The molecule has 0 bridgehead atoms. The van der Waals surface area contributed by atoms with Crippen LogP contribution in [0, 0.1) is 0 Å². The van der Waals surface area contributed by atoms with E-state index in [-0.39, 0.29) is 6.54 Å². The number of nitrogen functional groups attached to an aromatic ring is 1. The number of pyridine rings is 2. The van der Waals surface area contributed by atoms with Gasteiger partial charge in [-0.05, 0) is 29.3 Å². The normalized spacial score (nSPS) is 12.9. The number of nitrogens with two attached hydrogens (primary N) is 1. The van der Waals surface area contributed by atoms with E-state index < -0.39 is 13.8 Å². The highest BCUT2D eigenvalue weighted by Gasteiger charge is 2.18. The van der Waals surface area contributed by atoms with E-state index in [1.54, 1.807) is 35.2 Å². The molecule has 3 N–H and O–H groups in total. The number of hydrogen-bond acceptors (Lipinski definition) is 7. The Morgan fingerprint density at radius 2 is 1.91 bits per heavy atom. The van der Waals surface area contributed by atoms with E-state index in [1.165, 1.54) is 0 Å². The largest absolute Gasteiger partial charge is 0.779 e. The fourth-order valence-electron chi connectivity index (χ4n) is 3.28. The lowest BCUT2D eigenvalue weighted by Gasteiger charge is -2.14. The van der Waals surface area contributed by atoms with Gasteiger partial charge >= 0.3 is 0 Å². The molecule has 0 fully saturated rings. The predicted molar refractivity (Wildman–Crippen MR) is 119 cm³/mol. The number of nitrogens with zero attached hydrogens (tertiary/aromatic N) is 3. The number of aryl methyl sites for hydroxylation is 1. The van der Waals surface area contributed by atoms with E-state index in [9.17, 15) is 9.46 Å². The molecule has 1 atom stereocenters. The molecule has 1 unspecified atom stereocenters. The number of anilines is 1. The highest BCUT2D eigenvalue weighted by atomic mass is 31.2. The van der Waals surface area contributed by atoms with Gasteiger partial charge in [-0.1, -0.05) is 35.5 Å². The zero-order valence-electron chi connectivity index (χ0n) is 17.7. The molecular weight excluding hydrogens is 443 g/mol. The van der Waals surface area contributed by atoms with Gasteiger partial charge in [-0.25, -0.2) is 9.55 Å². The van der Waals surface area contributed by atoms with Crippen LogP contribution < -0.4 is 19.9 Å². The molecule has 0 radical (unpaired) electrons. The molecule has 0 saturated carbocycles. The number of rotatable bonds is 9.